The van der Waals surface area contributed by atoms with E-state index < -0.39 is 18.7 Å². The van der Waals surface area contributed by atoms with Crippen LogP contribution in [-0.4, -0.2) is 38.2 Å². The third kappa shape index (κ3) is 5.07. The Hall–Kier alpha value is -3.35. The molecule has 1 N–H and O–H groups in total. The van der Waals surface area contributed by atoms with Gasteiger partial charge in [-0.1, -0.05) is 12.1 Å². The molecule has 2 rings (SSSR count). The molecule has 0 heterocycles. The maximum Gasteiger partial charge on any atom is 0.411 e. The summed E-state index contributed by atoms with van der Waals surface area (Å²) in [5, 5.41) is 2.51. The normalized spacial score (nSPS) is 9.92. The van der Waals surface area contributed by atoms with Gasteiger partial charge in [-0.3, -0.25) is 10.1 Å². The Kier molecular flexibility index (Phi) is 6.73. The van der Waals surface area contributed by atoms with Crippen LogP contribution in [0.25, 0.3) is 0 Å². The Morgan fingerprint density at radius 3 is 2.31 bits per heavy atom. The van der Waals surface area contributed by atoms with Crippen molar-refractivity contribution < 1.29 is 28.6 Å². The molecule has 2 aromatic rings. The lowest BCUT2D eigenvalue weighted by Crippen LogP contribution is -2.15. The lowest BCUT2D eigenvalue weighted by molar-refractivity contribution is 0.0474. The predicted octanol–water partition coefficient (Wildman–Crippen LogP) is 3.30. The van der Waals surface area contributed by atoms with Gasteiger partial charge in [0.05, 0.1) is 24.8 Å². The summed E-state index contributed by atoms with van der Waals surface area (Å²) in [4.78, 5) is 35.6. The topological polar surface area (TPSA) is 90.9 Å². The number of nitrogens with one attached hydrogen (secondary N) is 1. The Morgan fingerprint density at radius 2 is 1.65 bits per heavy atom. The molecule has 0 spiro atoms. The molecule has 0 radical (unpaired) electrons. The zero-order chi connectivity index (χ0) is 18.9. The number of ether oxygens (including phenoxy) is 3. The largest absolute Gasteiger partial charge is 0.496 e. The van der Waals surface area contributed by atoms with Crippen molar-refractivity contribution in [2.45, 2.75) is 6.92 Å². The zero-order valence-corrected chi connectivity index (χ0v) is 14.5. The van der Waals surface area contributed by atoms with Crippen LogP contribution in [0, 0.1) is 0 Å². The maximum atomic E-state index is 12.2. The SMILES string of the molecule is CCOC(=O)Nc1ccc(C(=O)OCC(=O)c2ccccc2OC)cc1. The lowest BCUT2D eigenvalue weighted by atomic mass is 10.1. The Morgan fingerprint density at radius 1 is 0.962 bits per heavy atom. The van der Waals surface area contributed by atoms with E-state index in [0.29, 0.717) is 17.0 Å². The van der Waals surface area contributed by atoms with Gasteiger partial charge in [-0.05, 0) is 43.3 Å². The summed E-state index contributed by atoms with van der Waals surface area (Å²) in [6.45, 7) is 1.56. The number of ketones is 1. The van der Waals surface area contributed by atoms with Crippen molar-refractivity contribution in [1.29, 1.82) is 0 Å². The van der Waals surface area contributed by atoms with E-state index in [9.17, 15) is 14.4 Å². The monoisotopic (exact) mass is 357 g/mol. The highest BCUT2D eigenvalue weighted by atomic mass is 16.5. The van der Waals surface area contributed by atoms with Crippen LogP contribution in [0.1, 0.15) is 27.6 Å². The third-order valence-corrected chi connectivity index (χ3v) is 3.38. The Labute approximate surface area is 150 Å². The van der Waals surface area contributed by atoms with Gasteiger partial charge in [0.25, 0.3) is 0 Å². The number of carbonyl (C=O) groups is 3. The highest BCUT2D eigenvalue weighted by Crippen LogP contribution is 2.18. The van der Waals surface area contributed by atoms with Crippen LogP contribution >= 0.6 is 0 Å². The number of amides is 1. The first-order chi connectivity index (χ1) is 12.5. The summed E-state index contributed by atoms with van der Waals surface area (Å²) < 4.78 is 14.9. The smallest absolute Gasteiger partial charge is 0.411 e. The molecule has 1 amide bonds. The zero-order valence-electron chi connectivity index (χ0n) is 14.5. The number of hydrogen-bond acceptors (Lipinski definition) is 6. The van der Waals surface area contributed by atoms with E-state index in [1.54, 1.807) is 31.2 Å². The summed E-state index contributed by atoms with van der Waals surface area (Å²) in [6, 6.07) is 12.7. The molecule has 0 aliphatic carbocycles. The average molecular weight is 357 g/mol. The fourth-order valence-electron chi connectivity index (χ4n) is 2.14. The Balaban J connectivity index is 1.93. The van der Waals surface area contributed by atoms with E-state index in [0.717, 1.165) is 0 Å². The molecule has 0 aliphatic heterocycles. The quantitative estimate of drug-likeness (QED) is 0.604. The summed E-state index contributed by atoms with van der Waals surface area (Å²) in [5.74, 6) is -0.588. The average Bonchev–Trinajstić information content (AvgIpc) is 2.66. The minimum atomic E-state index is -0.643. The van der Waals surface area contributed by atoms with E-state index in [1.807, 2.05) is 0 Å². The summed E-state index contributed by atoms with van der Waals surface area (Å²) in [7, 11) is 1.46. The van der Waals surface area contributed by atoms with Gasteiger partial charge >= 0.3 is 12.1 Å². The van der Waals surface area contributed by atoms with Crippen LogP contribution < -0.4 is 10.1 Å². The molecule has 7 heteroatoms. The number of rotatable bonds is 7. The number of Topliss-reactive ketones (excluding diaryl/α,β-unsaturated/α-hetero) is 1. The molecule has 2 aromatic carbocycles. The minimum Gasteiger partial charge on any atom is -0.496 e. The molecule has 26 heavy (non-hydrogen) atoms. The van der Waals surface area contributed by atoms with Gasteiger partial charge in [0, 0.05) is 5.69 Å². The number of hydrogen-bond donors (Lipinski definition) is 1. The molecular formula is C19H19NO6. The fraction of sp³-hybridized carbons (Fsp3) is 0.211. The summed E-state index contributed by atoms with van der Waals surface area (Å²) >= 11 is 0. The van der Waals surface area contributed by atoms with Crippen LogP contribution in [0.15, 0.2) is 48.5 Å². The second-order valence-corrected chi connectivity index (χ2v) is 5.12. The number of benzene rings is 2. The van der Waals surface area contributed by atoms with Crippen molar-refractivity contribution in [2.24, 2.45) is 0 Å². The molecule has 0 fully saturated rings. The van der Waals surface area contributed by atoms with Gasteiger partial charge in [-0.25, -0.2) is 9.59 Å². The molecule has 0 saturated heterocycles. The fourth-order valence-corrected chi connectivity index (χ4v) is 2.14. The lowest BCUT2D eigenvalue weighted by Gasteiger charge is -2.09. The number of para-hydroxylation sites is 1. The van der Waals surface area contributed by atoms with Gasteiger partial charge in [0.2, 0.25) is 5.78 Å². The van der Waals surface area contributed by atoms with E-state index >= 15 is 0 Å². The van der Waals surface area contributed by atoms with Crippen molar-refractivity contribution >= 4 is 23.5 Å². The van der Waals surface area contributed by atoms with Crippen molar-refractivity contribution in [2.75, 3.05) is 25.6 Å². The molecule has 0 aromatic heterocycles. The number of esters is 1. The standard InChI is InChI=1S/C19H19NO6/c1-3-25-19(23)20-14-10-8-13(9-11-14)18(22)26-12-16(21)15-6-4-5-7-17(15)24-2/h4-11H,3,12H2,1-2H3,(H,20,23). The molecule has 136 valence electrons. The molecule has 0 atom stereocenters. The van der Waals surface area contributed by atoms with Gasteiger partial charge in [0.15, 0.2) is 6.61 Å². The minimum absolute atomic E-state index is 0.257. The van der Waals surface area contributed by atoms with Crippen LogP contribution in [-0.2, 0) is 9.47 Å². The first-order valence-electron chi connectivity index (χ1n) is 7.92. The van der Waals surface area contributed by atoms with E-state index in [-0.39, 0.29) is 18.0 Å². The van der Waals surface area contributed by atoms with Gasteiger partial charge in [-0.2, -0.15) is 0 Å². The van der Waals surface area contributed by atoms with Crippen LogP contribution in [0.2, 0.25) is 0 Å². The van der Waals surface area contributed by atoms with Crippen LogP contribution in [0.5, 0.6) is 5.75 Å². The van der Waals surface area contributed by atoms with Crippen molar-refractivity contribution in [3.8, 4) is 5.75 Å². The van der Waals surface area contributed by atoms with E-state index in [1.165, 1.54) is 31.4 Å². The molecule has 0 bridgehead atoms. The summed E-state index contributed by atoms with van der Waals surface area (Å²) in [5.41, 5.74) is 1.08. The molecule has 0 saturated carbocycles. The van der Waals surface area contributed by atoms with E-state index in [2.05, 4.69) is 5.32 Å². The molecular weight excluding hydrogens is 338 g/mol. The van der Waals surface area contributed by atoms with Gasteiger partial charge in [-0.15, -0.1) is 0 Å². The molecule has 7 nitrogen and oxygen atoms in total. The van der Waals surface area contributed by atoms with Crippen molar-refractivity contribution in [3.05, 3.63) is 59.7 Å². The first kappa shape index (κ1) is 19.0. The van der Waals surface area contributed by atoms with Crippen molar-refractivity contribution in [1.82, 2.24) is 0 Å². The van der Waals surface area contributed by atoms with Crippen LogP contribution in [0.3, 0.4) is 0 Å². The number of anilines is 1. The van der Waals surface area contributed by atoms with Crippen LogP contribution in [0.4, 0.5) is 10.5 Å². The van der Waals surface area contributed by atoms with E-state index in [4.69, 9.17) is 14.2 Å². The summed E-state index contributed by atoms with van der Waals surface area (Å²) in [6.07, 6.45) is -0.578. The number of methoxy groups -OCH3 is 1. The molecule has 0 unspecified atom stereocenters. The van der Waals surface area contributed by atoms with Crippen molar-refractivity contribution in [3.63, 3.8) is 0 Å². The van der Waals surface area contributed by atoms with Gasteiger partial charge < -0.3 is 14.2 Å². The van der Waals surface area contributed by atoms with Gasteiger partial charge in [0.1, 0.15) is 5.75 Å². The predicted molar refractivity (Wildman–Crippen MR) is 94.7 cm³/mol. The molecule has 0 aliphatic rings. The second kappa shape index (κ2) is 9.22. The second-order valence-electron chi connectivity index (χ2n) is 5.12. The highest BCUT2D eigenvalue weighted by molar-refractivity contribution is 6.01. The number of carbonyl (C=O) groups excluding carboxylic acids is 3. The highest BCUT2D eigenvalue weighted by Gasteiger charge is 2.15. The maximum absolute atomic E-state index is 12.2. The third-order valence-electron chi connectivity index (χ3n) is 3.38. The Bertz CT molecular complexity index is 785. The first-order valence-corrected chi connectivity index (χ1v) is 7.92.